The first-order valence-corrected chi connectivity index (χ1v) is 11.8. The summed E-state index contributed by atoms with van der Waals surface area (Å²) in [5.41, 5.74) is 1.35. The number of anilines is 1. The molecule has 0 radical (unpaired) electrons. The first kappa shape index (κ1) is 26.2. The van der Waals surface area contributed by atoms with Crippen molar-refractivity contribution in [2.75, 3.05) is 64.3 Å². The molecule has 0 spiro atoms. The molecule has 31 heavy (non-hydrogen) atoms. The molecule has 0 aromatic heterocycles. The Kier molecular flexibility index (Phi) is 11.4. The summed E-state index contributed by atoms with van der Waals surface area (Å²) in [5.74, 6) is 1.61. The molecule has 2 heterocycles. The second-order valence-corrected chi connectivity index (χ2v) is 9.15. The Balaban J connectivity index is 0.00000341. The number of hydrogen-bond donors (Lipinski definition) is 2. The fourth-order valence-electron chi connectivity index (χ4n) is 4.52. The van der Waals surface area contributed by atoms with E-state index in [1.807, 2.05) is 7.05 Å². The summed E-state index contributed by atoms with van der Waals surface area (Å²) >= 11 is 0. The Hall–Kier alpha value is -1.06. The molecule has 176 valence electrons. The summed E-state index contributed by atoms with van der Waals surface area (Å²) in [7, 11) is 1.88. The van der Waals surface area contributed by atoms with Crippen LogP contribution in [0.25, 0.3) is 0 Å². The van der Waals surface area contributed by atoms with Crippen molar-refractivity contribution < 1.29 is 0 Å². The minimum atomic E-state index is 0. The maximum atomic E-state index is 4.44. The van der Waals surface area contributed by atoms with Crippen LogP contribution in [-0.2, 0) is 0 Å². The van der Waals surface area contributed by atoms with Crippen LogP contribution in [0.4, 0.5) is 5.69 Å². The largest absolute Gasteiger partial charge is 0.369 e. The number of halogens is 1. The van der Waals surface area contributed by atoms with Gasteiger partial charge in [0.15, 0.2) is 5.96 Å². The standard InChI is InChI=1S/C24H42N6.HI/c1-20(2)30-18-21(3)23(19-30)27-24(25-4)26-12-8-9-13-28-14-16-29(17-15-28)22-10-6-5-7-11-22;/h5-7,10-11,20-21,23H,8-9,12-19H2,1-4H3,(H2,25,26,27);1H. The van der Waals surface area contributed by atoms with Gasteiger partial charge in [-0.05, 0) is 51.3 Å². The zero-order valence-electron chi connectivity index (χ0n) is 19.9. The predicted octanol–water partition coefficient (Wildman–Crippen LogP) is 3.10. The summed E-state index contributed by atoms with van der Waals surface area (Å²) < 4.78 is 0. The molecule has 1 aromatic carbocycles. The third kappa shape index (κ3) is 8.09. The molecule has 1 aromatic rings. The number of piperazine rings is 1. The van der Waals surface area contributed by atoms with Gasteiger partial charge in [0, 0.05) is 70.6 Å². The lowest BCUT2D eigenvalue weighted by Crippen LogP contribution is -2.47. The van der Waals surface area contributed by atoms with Gasteiger partial charge in [0.1, 0.15) is 0 Å². The highest BCUT2D eigenvalue weighted by Crippen LogP contribution is 2.18. The number of para-hydroxylation sites is 1. The zero-order chi connectivity index (χ0) is 21.3. The molecule has 2 N–H and O–H groups in total. The Bertz CT molecular complexity index is 645. The molecule has 0 amide bonds. The van der Waals surface area contributed by atoms with E-state index in [1.165, 1.54) is 31.6 Å². The van der Waals surface area contributed by atoms with Crippen molar-refractivity contribution >= 4 is 35.6 Å². The van der Waals surface area contributed by atoms with Gasteiger partial charge < -0.3 is 15.5 Å². The number of nitrogens with zero attached hydrogens (tertiary/aromatic N) is 4. The number of benzene rings is 1. The lowest BCUT2D eigenvalue weighted by molar-refractivity contribution is 0.253. The predicted molar refractivity (Wildman–Crippen MR) is 144 cm³/mol. The molecule has 2 atom stereocenters. The summed E-state index contributed by atoms with van der Waals surface area (Å²) in [6.07, 6.45) is 2.41. The van der Waals surface area contributed by atoms with E-state index in [0.29, 0.717) is 18.0 Å². The van der Waals surface area contributed by atoms with E-state index < -0.39 is 0 Å². The van der Waals surface area contributed by atoms with Gasteiger partial charge in [-0.2, -0.15) is 0 Å². The zero-order valence-corrected chi connectivity index (χ0v) is 22.2. The lowest BCUT2D eigenvalue weighted by Gasteiger charge is -2.36. The Morgan fingerprint density at radius 2 is 1.77 bits per heavy atom. The summed E-state index contributed by atoms with van der Waals surface area (Å²) in [5, 5.41) is 7.16. The third-order valence-corrected chi connectivity index (χ3v) is 6.60. The van der Waals surface area contributed by atoms with Crippen molar-refractivity contribution in [3.05, 3.63) is 30.3 Å². The second-order valence-electron chi connectivity index (χ2n) is 9.15. The Labute approximate surface area is 206 Å². The number of unbranched alkanes of at least 4 members (excludes halogenated alkanes) is 1. The highest BCUT2D eigenvalue weighted by atomic mass is 127. The highest BCUT2D eigenvalue weighted by Gasteiger charge is 2.31. The molecule has 2 aliphatic rings. The smallest absolute Gasteiger partial charge is 0.191 e. The molecular formula is C24H43IN6. The van der Waals surface area contributed by atoms with Crippen molar-refractivity contribution in [1.82, 2.24) is 20.4 Å². The Morgan fingerprint density at radius 3 is 2.39 bits per heavy atom. The minimum absolute atomic E-state index is 0. The molecule has 2 unspecified atom stereocenters. The normalized spacial score (nSPS) is 23.1. The van der Waals surface area contributed by atoms with Crippen LogP contribution in [0.3, 0.4) is 0 Å². The van der Waals surface area contributed by atoms with E-state index in [2.05, 4.69) is 81.4 Å². The molecule has 3 rings (SSSR count). The van der Waals surface area contributed by atoms with E-state index in [-0.39, 0.29) is 24.0 Å². The summed E-state index contributed by atoms with van der Waals surface area (Å²) in [4.78, 5) is 12.1. The SMILES string of the molecule is CN=C(NCCCCN1CCN(c2ccccc2)CC1)NC1CN(C(C)C)CC1C.I. The van der Waals surface area contributed by atoms with Crippen LogP contribution in [0, 0.1) is 5.92 Å². The van der Waals surface area contributed by atoms with Crippen LogP contribution in [0.2, 0.25) is 0 Å². The van der Waals surface area contributed by atoms with Gasteiger partial charge >= 0.3 is 0 Å². The van der Waals surface area contributed by atoms with Crippen LogP contribution in [0.1, 0.15) is 33.6 Å². The fraction of sp³-hybridized carbons (Fsp3) is 0.708. The van der Waals surface area contributed by atoms with Crippen LogP contribution < -0.4 is 15.5 Å². The quantitative estimate of drug-likeness (QED) is 0.229. The topological polar surface area (TPSA) is 46.1 Å². The first-order valence-electron chi connectivity index (χ1n) is 11.8. The molecule has 6 nitrogen and oxygen atoms in total. The number of guanidine groups is 1. The highest BCUT2D eigenvalue weighted by molar-refractivity contribution is 14.0. The van der Waals surface area contributed by atoms with Crippen LogP contribution in [0.5, 0.6) is 0 Å². The summed E-state index contributed by atoms with van der Waals surface area (Å²) in [6.45, 7) is 15.9. The maximum Gasteiger partial charge on any atom is 0.191 e. The third-order valence-electron chi connectivity index (χ3n) is 6.60. The number of aliphatic imine (C=N–C) groups is 1. The van der Waals surface area contributed by atoms with Crippen LogP contribution in [-0.4, -0.2) is 87.2 Å². The average Bonchev–Trinajstić information content (AvgIpc) is 3.14. The average molecular weight is 543 g/mol. The molecule has 2 aliphatic heterocycles. The second kappa shape index (κ2) is 13.5. The van der Waals surface area contributed by atoms with Gasteiger partial charge in [0.2, 0.25) is 0 Å². The van der Waals surface area contributed by atoms with Crippen molar-refractivity contribution in [1.29, 1.82) is 0 Å². The first-order chi connectivity index (χ1) is 14.6. The molecule has 0 aliphatic carbocycles. The number of rotatable bonds is 8. The number of likely N-dealkylation sites (tertiary alicyclic amines) is 1. The van der Waals surface area contributed by atoms with E-state index in [4.69, 9.17) is 0 Å². The van der Waals surface area contributed by atoms with Gasteiger partial charge in [0.25, 0.3) is 0 Å². The molecular weight excluding hydrogens is 499 g/mol. The lowest BCUT2D eigenvalue weighted by atomic mass is 10.1. The maximum absolute atomic E-state index is 4.44. The number of hydrogen-bond acceptors (Lipinski definition) is 4. The van der Waals surface area contributed by atoms with E-state index in [9.17, 15) is 0 Å². The molecule has 0 saturated carbocycles. The number of nitrogens with one attached hydrogen (secondary N) is 2. The molecule has 7 heteroatoms. The van der Waals surface area contributed by atoms with E-state index >= 15 is 0 Å². The van der Waals surface area contributed by atoms with Gasteiger partial charge in [-0.3, -0.25) is 14.8 Å². The van der Waals surface area contributed by atoms with Crippen molar-refractivity contribution in [3.8, 4) is 0 Å². The fourth-order valence-corrected chi connectivity index (χ4v) is 4.52. The van der Waals surface area contributed by atoms with Gasteiger partial charge in [0.05, 0.1) is 0 Å². The molecule has 0 bridgehead atoms. The van der Waals surface area contributed by atoms with Crippen molar-refractivity contribution in [2.45, 2.75) is 45.7 Å². The van der Waals surface area contributed by atoms with Crippen LogP contribution in [0.15, 0.2) is 35.3 Å². The van der Waals surface area contributed by atoms with Crippen LogP contribution >= 0.6 is 24.0 Å². The van der Waals surface area contributed by atoms with Gasteiger partial charge in [-0.25, -0.2) is 0 Å². The minimum Gasteiger partial charge on any atom is -0.369 e. The van der Waals surface area contributed by atoms with Crippen molar-refractivity contribution in [2.24, 2.45) is 10.9 Å². The van der Waals surface area contributed by atoms with Crippen molar-refractivity contribution in [3.63, 3.8) is 0 Å². The van der Waals surface area contributed by atoms with Gasteiger partial charge in [-0.1, -0.05) is 25.1 Å². The molecule has 2 fully saturated rings. The van der Waals surface area contributed by atoms with Gasteiger partial charge in [-0.15, -0.1) is 24.0 Å². The monoisotopic (exact) mass is 542 g/mol. The molecule has 2 saturated heterocycles. The Morgan fingerprint density at radius 1 is 1.06 bits per heavy atom. The summed E-state index contributed by atoms with van der Waals surface area (Å²) in [6, 6.07) is 11.9. The van der Waals surface area contributed by atoms with E-state index in [1.54, 1.807) is 0 Å². The van der Waals surface area contributed by atoms with E-state index in [0.717, 1.165) is 45.2 Å².